The highest BCUT2D eigenvalue weighted by Gasteiger charge is 2.41. The number of aliphatic carboxylic acids is 1. The molecule has 2 unspecified atom stereocenters. The molecule has 4 aliphatic heterocycles. The van der Waals surface area contributed by atoms with Gasteiger partial charge in [-0.3, -0.25) is 19.4 Å². The number of hydrogen-bond acceptors (Lipinski definition) is 9. The maximum atomic E-state index is 13.5. The number of H-pyrrole nitrogens is 2. The Balaban J connectivity index is 0.000000197. The van der Waals surface area contributed by atoms with E-state index in [-0.39, 0.29) is 41.9 Å². The molecule has 0 radical (unpaired) electrons. The lowest BCUT2D eigenvalue weighted by atomic mass is 9.84. The first kappa shape index (κ1) is 58.2. The average molecular weight is 1140 g/mol. The Morgan fingerprint density at radius 1 is 0.650 bits per heavy atom. The molecule has 0 bridgehead atoms. The molecule has 20 heteroatoms. The summed E-state index contributed by atoms with van der Waals surface area (Å²) in [4.78, 5) is 52.6. The van der Waals surface area contributed by atoms with Gasteiger partial charge in [-0.15, -0.1) is 0 Å². The Morgan fingerprint density at radius 2 is 1.12 bits per heavy atom. The van der Waals surface area contributed by atoms with Gasteiger partial charge in [0.1, 0.15) is 17.7 Å². The van der Waals surface area contributed by atoms with Crippen LogP contribution >= 0.6 is 0 Å². The third kappa shape index (κ3) is 14.2. The van der Waals surface area contributed by atoms with Gasteiger partial charge in [0.25, 0.3) is 0 Å². The molecule has 0 saturated carbocycles. The lowest BCUT2D eigenvalue weighted by molar-refractivity contribution is -0.147. The number of carbonyl (C=O) groups excluding carboxylic acids is 2. The van der Waals surface area contributed by atoms with Gasteiger partial charge >= 0.3 is 12.0 Å². The molecule has 428 valence electrons. The van der Waals surface area contributed by atoms with E-state index >= 15 is 0 Å². The number of para-hydroxylation sites is 2. The standard InChI is InChI=1S/C31H38F2N4O5S2.C29H36N4O3/c1-43(39,40)37(44(2,41)42)21-30(35-13-9-23(10-14-35)28-20-34-29-6-4-3-5-27(28)29)24-11-15-36(16-12-24)31(38)8-7-22-17-25(32)19-26(33)18-22;1-19-15-20(2)17-23(16-19)31-29(36)33-13-9-22(10-14-33)27(28(34)35)32-11-7-21(8-12-32)25-18-30-26-6-4-3-5-24(25)26/h3-8,17-20,23-24,30,34H,9-16,21H2,1-2H3;3-6,15-18,21-22,27,30H,7-14H2,1-2H3,(H,31,36)(H,34,35)/b8-7+;. The predicted molar refractivity (Wildman–Crippen MR) is 309 cm³/mol. The molecule has 4 saturated heterocycles. The zero-order chi connectivity index (χ0) is 56.9. The second kappa shape index (κ2) is 25.1. The topological polar surface area (TPSA) is 200 Å². The van der Waals surface area contributed by atoms with Crippen molar-refractivity contribution in [2.24, 2.45) is 11.8 Å². The molecule has 6 heterocycles. The molecule has 80 heavy (non-hydrogen) atoms. The van der Waals surface area contributed by atoms with Crippen LogP contribution < -0.4 is 5.32 Å². The summed E-state index contributed by atoms with van der Waals surface area (Å²) in [5, 5.41) is 15.6. The molecule has 4 aromatic carbocycles. The predicted octanol–water partition coefficient (Wildman–Crippen LogP) is 9.53. The van der Waals surface area contributed by atoms with Crippen molar-refractivity contribution in [2.75, 3.05) is 76.7 Å². The Morgan fingerprint density at radius 3 is 1.62 bits per heavy atom. The molecule has 0 spiro atoms. The van der Waals surface area contributed by atoms with Gasteiger partial charge < -0.3 is 30.2 Å². The van der Waals surface area contributed by atoms with Crippen LogP contribution in [0.3, 0.4) is 0 Å². The Hall–Kier alpha value is -6.45. The van der Waals surface area contributed by atoms with Crippen molar-refractivity contribution in [3.63, 3.8) is 0 Å². The zero-order valence-corrected chi connectivity index (χ0v) is 47.6. The van der Waals surface area contributed by atoms with Gasteiger partial charge in [-0.05, 0) is 185 Å². The molecule has 4 N–H and O–H groups in total. The van der Waals surface area contributed by atoms with Crippen molar-refractivity contribution in [1.29, 1.82) is 0 Å². The van der Waals surface area contributed by atoms with Crippen LogP contribution in [-0.2, 0) is 29.6 Å². The fraction of sp³-hybridized carbons (Fsp3) is 0.450. The fourth-order valence-corrected chi connectivity index (χ4v) is 15.7. The van der Waals surface area contributed by atoms with Crippen molar-refractivity contribution in [3.8, 4) is 0 Å². The molecular weight excluding hydrogens is 1060 g/mol. The van der Waals surface area contributed by atoms with Gasteiger partial charge in [-0.1, -0.05) is 46.2 Å². The van der Waals surface area contributed by atoms with Crippen LogP contribution in [0, 0.1) is 37.3 Å². The lowest BCUT2D eigenvalue weighted by Crippen LogP contribution is -2.54. The van der Waals surface area contributed by atoms with E-state index in [1.165, 1.54) is 34.1 Å². The number of benzene rings is 4. The number of fused-ring (bicyclic) bond motifs is 2. The molecule has 0 aliphatic carbocycles. The van der Waals surface area contributed by atoms with Gasteiger partial charge in [0.2, 0.25) is 26.0 Å². The van der Waals surface area contributed by atoms with E-state index in [1.54, 1.807) is 4.90 Å². The number of amides is 3. The lowest BCUT2D eigenvalue weighted by Gasteiger charge is -2.44. The minimum absolute atomic E-state index is 0.0454. The normalized spacial score (nSPS) is 18.9. The summed E-state index contributed by atoms with van der Waals surface area (Å²) in [6.07, 6.45) is 14.8. The Bertz CT molecular complexity index is 3360. The quantitative estimate of drug-likeness (QED) is 0.0762. The summed E-state index contributed by atoms with van der Waals surface area (Å²) in [6.45, 7) is 8.74. The molecule has 10 rings (SSSR count). The number of aryl methyl sites for hydroxylation is 2. The van der Waals surface area contributed by atoms with Gasteiger partial charge in [0.15, 0.2) is 0 Å². The molecule has 2 aromatic heterocycles. The molecule has 6 aromatic rings. The summed E-state index contributed by atoms with van der Waals surface area (Å²) in [7, 11) is -8.08. The summed E-state index contributed by atoms with van der Waals surface area (Å²) < 4.78 is 78.0. The number of sulfonamides is 2. The molecular formula is C60H74F2N8O8S2. The minimum Gasteiger partial charge on any atom is -0.480 e. The number of carboxylic acids is 1. The number of aromatic nitrogens is 2. The number of anilines is 1. The number of hydrogen-bond donors (Lipinski definition) is 4. The van der Waals surface area contributed by atoms with E-state index in [4.69, 9.17) is 0 Å². The van der Waals surface area contributed by atoms with Gasteiger partial charge in [-0.25, -0.2) is 30.4 Å². The summed E-state index contributed by atoms with van der Waals surface area (Å²) in [5.41, 5.74) is 8.12. The van der Waals surface area contributed by atoms with Crippen LogP contribution in [0.5, 0.6) is 0 Å². The van der Waals surface area contributed by atoms with Gasteiger partial charge in [-0.2, -0.15) is 0 Å². The van der Waals surface area contributed by atoms with Crippen molar-refractivity contribution in [2.45, 2.75) is 89.1 Å². The number of piperidine rings is 4. The van der Waals surface area contributed by atoms with Crippen LogP contribution in [0.25, 0.3) is 27.9 Å². The van der Waals surface area contributed by atoms with E-state index in [9.17, 15) is 45.1 Å². The first-order valence-electron chi connectivity index (χ1n) is 27.8. The summed E-state index contributed by atoms with van der Waals surface area (Å²) >= 11 is 0. The van der Waals surface area contributed by atoms with E-state index in [0.717, 1.165) is 97.3 Å². The van der Waals surface area contributed by atoms with Crippen molar-refractivity contribution in [1.82, 2.24) is 33.3 Å². The number of carboxylic acid groups (broad SMARTS) is 1. The van der Waals surface area contributed by atoms with E-state index in [0.29, 0.717) is 80.5 Å². The molecule has 3 amide bonds. The Labute approximate surface area is 468 Å². The number of nitrogens with one attached hydrogen (secondary N) is 3. The fourth-order valence-electron chi connectivity index (χ4n) is 12.9. The zero-order valence-electron chi connectivity index (χ0n) is 46.0. The maximum absolute atomic E-state index is 13.5. The van der Waals surface area contributed by atoms with E-state index in [2.05, 4.69) is 67.8 Å². The maximum Gasteiger partial charge on any atom is 0.321 e. The number of rotatable bonds is 14. The average Bonchev–Trinajstić information content (AvgIpc) is 4.09. The first-order valence-corrected chi connectivity index (χ1v) is 31.5. The highest BCUT2D eigenvalue weighted by atomic mass is 32.3. The van der Waals surface area contributed by atoms with Crippen molar-refractivity contribution < 1.29 is 45.1 Å². The SMILES string of the molecule is CS(=O)(=O)N(CC(C1CCN(C(=O)/C=C/c2cc(F)cc(F)c2)CC1)N1CCC(c2c[nH]c3ccccc23)CC1)S(C)(=O)=O.Cc1cc(C)cc(NC(=O)N2CCC(C(C(=O)O)N3CCC(c4c[nH]c5ccccc45)CC3)CC2)c1. The highest BCUT2D eigenvalue weighted by Crippen LogP contribution is 2.38. The summed E-state index contributed by atoms with van der Waals surface area (Å²) in [5.74, 6) is -1.71. The molecule has 4 fully saturated rings. The van der Waals surface area contributed by atoms with E-state index < -0.39 is 43.7 Å². The van der Waals surface area contributed by atoms with Crippen molar-refractivity contribution >= 4 is 71.5 Å². The van der Waals surface area contributed by atoms with Crippen LogP contribution in [0.15, 0.2) is 103 Å². The Kier molecular flexibility index (Phi) is 18.3. The molecule has 4 aliphatic rings. The van der Waals surface area contributed by atoms with E-state index in [1.807, 2.05) is 55.1 Å². The largest absolute Gasteiger partial charge is 0.480 e. The number of halogens is 2. The molecule has 16 nitrogen and oxygen atoms in total. The number of likely N-dealkylation sites (tertiary alicyclic amines) is 4. The van der Waals surface area contributed by atoms with Gasteiger partial charge in [0, 0.05) is 90.8 Å². The second-order valence-electron chi connectivity index (χ2n) is 22.4. The third-order valence-corrected chi connectivity index (χ3v) is 20.2. The van der Waals surface area contributed by atoms with Gasteiger partial charge in [0.05, 0.1) is 12.5 Å². The number of carbonyl (C=O) groups is 3. The number of urea groups is 1. The number of aromatic amines is 2. The smallest absolute Gasteiger partial charge is 0.321 e. The van der Waals surface area contributed by atoms with Crippen LogP contribution in [0.2, 0.25) is 0 Å². The third-order valence-electron chi connectivity index (χ3n) is 16.8. The first-order chi connectivity index (χ1) is 38.2. The highest BCUT2D eigenvalue weighted by molar-refractivity contribution is 8.03. The minimum atomic E-state index is -4.04. The summed E-state index contributed by atoms with van der Waals surface area (Å²) in [6, 6.07) is 24.7. The van der Waals surface area contributed by atoms with Crippen LogP contribution in [0.4, 0.5) is 19.3 Å². The van der Waals surface area contributed by atoms with Crippen LogP contribution in [0.1, 0.15) is 91.0 Å². The monoisotopic (exact) mass is 1140 g/mol. The van der Waals surface area contributed by atoms with Crippen LogP contribution in [-0.4, -0.2) is 157 Å². The van der Waals surface area contributed by atoms with Crippen molar-refractivity contribution in [3.05, 3.63) is 143 Å². The number of nitrogens with zero attached hydrogens (tertiary/aromatic N) is 5. The molecule has 2 atom stereocenters. The second-order valence-corrected chi connectivity index (χ2v) is 26.4.